The van der Waals surface area contributed by atoms with Gasteiger partial charge in [0.1, 0.15) is 29.7 Å². The molecule has 3 atom stereocenters. The summed E-state index contributed by atoms with van der Waals surface area (Å²) in [5, 5.41) is 18.4. The summed E-state index contributed by atoms with van der Waals surface area (Å²) < 4.78 is 19.3. The van der Waals surface area contributed by atoms with E-state index in [-0.39, 0.29) is 30.5 Å². The lowest BCUT2D eigenvalue weighted by atomic mass is 9.73. The van der Waals surface area contributed by atoms with Crippen molar-refractivity contribution in [1.29, 1.82) is 0 Å². The zero-order chi connectivity index (χ0) is 34.4. The third-order valence-corrected chi connectivity index (χ3v) is 9.77. The van der Waals surface area contributed by atoms with Crippen molar-refractivity contribution in [2.45, 2.75) is 63.6 Å². The van der Waals surface area contributed by atoms with Gasteiger partial charge < -0.3 is 35.6 Å². The molecule has 1 spiro atoms. The van der Waals surface area contributed by atoms with E-state index in [1.165, 1.54) is 30.0 Å². The quantitative estimate of drug-likeness (QED) is 0.380. The summed E-state index contributed by atoms with van der Waals surface area (Å²) in [5.74, 6) is -2.23. The highest BCUT2D eigenvalue weighted by molar-refractivity contribution is 6.31. The molecule has 5 amide bonds. The number of aliphatic hydroxyl groups excluding tert-OH is 1. The van der Waals surface area contributed by atoms with Gasteiger partial charge in [0, 0.05) is 31.2 Å². The van der Waals surface area contributed by atoms with Crippen LogP contribution in [0.25, 0.3) is 0 Å². The average Bonchev–Trinajstić information content (AvgIpc) is 3.56. The lowest BCUT2D eigenvalue weighted by Crippen LogP contribution is -2.57. The second kappa shape index (κ2) is 15.3. The Morgan fingerprint density at radius 3 is 2.56 bits per heavy atom. The fourth-order valence-electron chi connectivity index (χ4n) is 6.67. The van der Waals surface area contributed by atoms with Gasteiger partial charge in [0.25, 0.3) is 5.91 Å². The second-order valence-corrected chi connectivity index (χ2v) is 13.3. The van der Waals surface area contributed by atoms with Crippen LogP contribution >= 0.6 is 11.6 Å². The van der Waals surface area contributed by atoms with Gasteiger partial charge in [-0.15, -0.1) is 0 Å². The van der Waals surface area contributed by atoms with E-state index in [0.29, 0.717) is 63.1 Å². The number of amides is 5. The van der Waals surface area contributed by atoms with Crippen molar-refractivity contribution in [3.05, 3.63) is 64.4 Å². The van der Waals surface area contributed by atoms with Gasteiger partial charge in [-0.05, 0) is 79.8 Å². The van der Waals surface area contributed by atoms with Gasteiger partial charge in [0.2, 0.25) is 23.6 Å². The molecule has 0 aromatic heterocycles. The monoisotopic (exact) mass is 685 g/mol. The molecule has 0 radical (unpaired) electrons. The van der Waals surface area contributed by atoms with Gasteiger partial charge in [0.05, 0.1) is 13.0 Å². The summed E-state index contributed by atoms with van der Waals surface area (Å²) in [6.07, 6.45) is 2.52. The highest BCUT2D eigenvalue weighted by Gasteiger charge is 2.40. The van der Waals surface area contributed by atoms with Crippen LogP contribution in [-0.4, -0.2) is 102 Å². The van der Waals surface area contributed by atoms with Crippen molar-refractivity contribution in [1.82, 2.24) is 25.8 Å². The van der Waals surface area contributed by atoms with E-state index in [4.69, 9.17) is 16.3 Å². The molecule has 2 aromatic rings. The van der Waals surface area contributed by atoms with Crippen LogP contribution in [0.4, 0.5) is 4.39 Å². The van der Waals surface area contributed by atoms with Crippen LogP contribution in [0, 0.1) is 11.2 Å². The zero-order valence-corrected chi connectivity index (χ0v) is 27.6. The van der Waals surface area contributed by atoms with E-state index in [1.54, 1.807) is 17.0 Å². The van der Waals surface area contributed by atoms with Crippen LogP contribution in [0.3, 0.4) is 0 Å². The number of ether oxygens (including phenoxy) is 1. The van der Waals surface area contributed by atoms with Gasteiger partial charge in [-0.2, -0.15) is 0 Å². The summed E-state index contributed by atoms with van der Waals surface area (Å²) in [6, 6.07) is 8.20. The molecule has 0 saturated carbocycles. The van der Waals surface area contributed by atoms with Crippen LogP contribution in [0.1, 0.15) is 43.7 Å². The normalized spacial score (nSPS) is 24.0. The number of piperidine rings is 1. The number of fused-ring (bicyclic) bond motifs is 3. The Morgan fingerprint density at radius 2 is 1.83 bits per heavy atom. The van der Waals surface area contributed by atoms with Crippen LogP contribution in [0.15, 0.2) is 42.5 Å². The highest BCUT2D eigenvalue weighted by Crippen LogP contribution is 2.36. The Balaban J connectivity index is 1.35. The summed E-state index contributed by atoms with van der Waals surface area (Å²) in [4.78, 5) is 68.9. The fraction of sp³-hybridized carbons (Fsp3) is 0.500. The summed E-state index contributed by atoms with van der Waals surface area (Å²) in [5.41, 5.74) is 0.909. The van der Waals surface area contributed by atoms with Crippen LogP contribution in [0.2, 0.25) is 5.02 Å². The first-order valence-electron chi connectivity index (χ1n) is 16.2. The van der Waals surface area contributed by atoms with E-state index in [1.807, 2.05) is 12.1 Å². The van der Waals surface area contributed by atoms with E-state index in [9.17, 15) is 33.5 Å². The molecule has 3 aliphatic heterocycles. The molecule has 0 unspecified atom stereocenters. The van der Waals surface area contributed by atoms with Gasteiger partial charge in [-0.25, -0.2) is 4.39 Å². The lowest BCUT2D eigenvalue weighted by Gasteiger charge is -2.42. The smallest absolute Gasteiger partial charge is 0.258 e. The molecule has 258 valence electrons. The van der Waals surface area contributed by atoms with Crippen LogP contribution < -0.4 is 20.7 Å². The molecular formula is C34H41ClFN5O7. The summed E-state index contributed by atoms with van der Waals surface area (Å²) in [6.45, 7) is 1.88. The Hall–Kier alpha value is -4.23. The predicted octanol–water partition coefficient (Wildman–Crippen LogP) is 1.35. The van der Waals surface area contributed by atoms with Gasteiger partial charge in [-0.3, -0.25) is 24.0 Å². The largest absolute Gasteiger partial charge is 0.484 e. The molecule has 4 N–H and O–H groups in total. The van der Waals surface area contributed by atoms with Crippen molar-refractivity contribution in [2.24, 2.45) is 5.41 Å². The number of carbonyl (C=O) groups is 5. The molecule has 3 heterocycles. The number of benzene rings is 2. The average molecular weight is 686 g/mol. The van der Waals surface area contributed by atoms with Crippen LogP contribution in [0.5, 0.6) is 5.75 Å². The Bertz CT molecular complexity index is 1550. The number of aliphatic hydroxyl groups is 1. The molecule has 2 bridgehead atoms. The third kappa shape index (κ3) is 8.43. The first-order valence-corrected chi connectivity index (χ1v) is 16.6. The Morgan fingerprint density at radius 1 is 1.06 bits per heavy atom. The fourth-order valence-corrected chi connectivity index (χ4v) is 6.90. The van der Waals surface area contributed by atoms with Gasteiger partial charge in [-0.1, -0.05) is 29.8 Å². The molecular weight excluding hydrogens is 645 g/mol. The van der Waals surface area contributed by atoms with Crippen molar-refractivity contribution >= 4 is 41.1 Å². The molecule has 5 rings (SSSR count). The van der Waals surface area contributed by atoms with E-state index < -0.39 is 59.6 Å². The van der Waals surface area contributed by atoms with E-state index >= 15 is 0 Å². The summed E-state index contributed by atoms with van der Waals surface area (Å²) >= 11 is 6.16. The summed E-state index contributed by atoms with van der Waals surface area (Å²) in [7, 11) is 0. The minimum Gasteiger partial charge on any atom is -0.484 e. The highest BCUT2D eigenvalue weighted by atomic mass is 35.5. The Labute approximate surface area is 283 Å². The number of likely N-dealkylation sites (tertiary alicyclic amines) is 1. The maximum Gasteiger partial charge on any atom is 0.258 e. The SMILES string of the molecule is C[C@@H]1NC(=O)COc2cccc(c2)CC2(CCN(C(=O)Cc3ccc(F)cc3Cl)CC2)CNC(=O)[C@H](CO)NC(=O)[C@@H]2CCCN2C1=O. The number of nitrogens with one attached hydrogen (secondary N) is 3. The maximum absolute atomic E-state index is 13.5. The second-order valence-electron chi connectivity index (χ2n) is 12.8. The maximum atomic E-state index is 13.5. The van der Waals surface area contributed by atoms with Gasteiger partial charge in [0.15, 0.2) is 6.61 Å². The molecule has 48 heavy (non-hydrogen) atoms. The van der Waals surface area contributed by atoms with E-state index in [0.717, 1.165) is 5.56 Å². The molecule has 2 fully saturated rings. The van der Waals surface area contributed by atoms with Gasteiger partial charge >= 0.3 is 0 Å². The number of halogens is 2. The minimum atomic E-state index is -1.25. The predicted molar refractivity (Wildman–Crippen MR) is 173 cm³/mol. The molecule has 3 aliphatic rings. The molecule has 2 saturated heterocycles. The molecule has 14 heteroatoms. The topological polar surface area (TPSA) is 157 Å². The number of carbonyl (C=O) groups excluding carboxylic acids is 5. The molecule has 12 nitrogen and oxygen atoms in total. The first-order chi connectivity index (χ1) is 23.0. The number of rotatable bonds is 3. The number of nitrogens with zero attached hydrogens (tertiary/aromatic N) is 2. The van der Waals surface area contributed by atoms with E-state index in [2.05, 4.69) is 16.0 Å². The van der Waals surface area contributed by atoms with Crippen molar-refractivity contribution in [2.75, 3.05) is 39.4 Å². The zero-order valence-electron chi connectivity index (χ0n) is 26.8. The van der Waals surface area contributed by atoms with Crippen molar-refractivity contribution in [3.8, 4) is 5.75 Å². The lowest BCUT2D eigenvalue weighted by molar-refractivity contribution is -0.142. The minimum absolute atomic E-state index is 0.0243. The van der Waals surface area contributed by atoms with Crippen molar-refractivity contribution < 1.29 is 38.2 Å². The van der Waals surface area contributed by atoms with Crippen LogP contribution in [-0.2, 0) is 36.8 Å². The third-order valence-electron chi connectivity index (χ3n) is 9.42. The standard InChI is InChI=1S/C34H41ClFN5O7/c1-21-33(47)41-11-3-6-28(41)32(46)39-27(18-42)31(45)37-20-34(17-22-4-2-5-25(14-22)48-19-29(43)38-21)9-12-40(13-10-34)30(44)15-23-7-8-24(36)16-26(23)35/h2,4-5,7-8,14,16,21,27-28,42H,3,6,9-13,15,17-20H2,1H3,(H,37,45)(H,38,43)(H,39,46)/t21-,27-,28-/m0/s1. The number of hydrogen-bond acceptors (Lipinski definition) is 7. The number of hydrogen-bond donors (Lipinski definition) is 4. The molecule has 2 aromatic carbocycles. The first kappa shape index (κ1) is 35.1. The van der Waals surface area contributed by atoms with Crippen molar-refractivity contribution in [3.63, 3.8) is 0 Å². The molecule has 0 aliphatic carbocycles. The Kier molecular flexibility index (Phi) is 11.2.